The first-order valence-electron chi connectivity index (χ1n) is 7.41. The van der Waals surface area contributed by atoms with Crippen molar-refractivity contribution in [2.24, 2.45) is 17.7 Å². The number of hydrazine groups is 1. The van der Waals surface area contributed by atoms with E-state index in [1.165, 1.54) is 5.75 Å². The van der Waals surface area contributed by atoms with Crippen molar-refractivity contribution in [3.05, 3.63) is 0 Å². The number of nitrogens with two attached hydrogens (primary N) is 1. The zero-order valence-electron chi connectivity index (χ0n) is 12.2. The van der Waals surface area contributed by atoms with Crippen molar-refractivity contribution in [3.63, 3.8) is 0 Å². The van der Waals surface area contributed by atoms with Gasteiger partial charge in [-0.2, -0.15) is 11.8 Å². The Morgan fingerprint density at radius 2 is 2.21 bits per heavy atom. The third kappa shape index (κ3) is 4.33. The van der Waals surface area contributed by atoms with Crippen LogP contribution in [0.15, 0.2) is 0 Å². The molecule has 2 fully saturated rings. The summed E-state index contributed by atoms with van der Waals surface area (Å²) in [5.41, 5.74) is 3.02. The Morgan fingerprint density at radius 1 is 1.37 bits per heavy atom. The number of thioether (sulfide) groups is 1. The highest BCUT2D eigenvalue weighted by Crippen LogP contribution is 2.37. The van der Waals surface area contributed by atoms with Crippen LogP contribution in [0, 0.1) is 11.8 Å². The number of hydrogen-bond donors (Lipinski definition) is 2. The highest BCUT2D eigenvalue weighted by atomic mass is 32.2. The Labute approximate surface area is 121 Å². The van der Waals surface area contributed by atoms with Gasteiger partial charge in [0.2, 0.25) is 0 Å². The highest BCUT2D eigenvalue weighted by Gasteiger charge is 2.42. The van der Waals surface area contributed by atoms with Crippen LogP contribution in [-0.2, 0) is 9.47 Å². The summed E-state index contributed by atoms with van der Waals surface area (Å²) in [6.45, 7) is 6.98. The fourth-order valence-electron chi connectivity index (χ4n) is 3.02. The second-order valence-electron chi connectivity index (χ2n) is 6.29. The Hall–Kier alpha value is 0.190. The molecule has 0 aromatic carbocycles. The molecule has 1 spiro atoms. The van der Waals surface area contributed by atoms with E-state index in [1.54, 1.807) is 0 Å². The van der Waals surface area contributed by atoms with E-state index in [1.807, 2.05) is 11.8 Å². The largest absolute Gasteiger partial charge is 0.378 e. The molecule has 0 bridgehead atoms. The molecule has 19 heavy (non-hydrogen) atoms. The second-order valence-corrected chi connectivity index (χ2v) is 7.37. The average Bonchev–Trinajstić information content (AvgIpc) is 2.82. The molecule has 3 N–H and O–H groups in total. The molecule has 2 aliphatic rings. The van der Waals surface area contributed by atoms with Gasteiger partial charge in [-0.1, -0.05) is 13.8 Å². The molecule has 2 rings (SSSR count). The van der Waals surface area contributed by atoms with Crippen molar-refractivity contribution in [2.45, 2.75) is 44.8 Å². The molecule has 5 heteroatoms. The van der Waals surface area contributed by atoms with Gasteiger partial charge in [0.1, 0.15) is 0 Å². The molecule has 2 aliphatic heterocycles. The third-order valence-corrected chi connectivity index (χ3v) is 5.63. The molecule has 3 atom stereocenters. The maximum Gasteiger partial charge on any atom is 0.0939 e. The van der Waals surface area contributed by atoms with Crippen molar-refractivity contribution in [3.8, 4) is 0 Å². The molecule has 0 amide bonds. The van der Waals surface area contributed by atoms with Crippen LogP contribution >= 0.6 is 11.8 Å². The molecule has 0 radical (unpaired) electrons. The van der Waals surface area contributed by atoms with Gasteiger partial charge >= 0.3 is 0 Å². The van der Waals surface area contributed by atoms with Crippen molar-refractivity contribution in [1.29, 1.82) is 0 Å². The summed E-state index contributed by atoms with van der Waals surface area (Å²) in [6, 6.07) is 0.394. The van der Waals surface area contributed by atoms with Crippen LogP contribution in [0.25, 0.3) is 0 Å². The van der Waals surface area contributed by atoms with E-state index in [2.05, 4.69) is 19.3 Å². The van der Waals surface area contributed by atoms with Gasteiger partial charge in [-0.15, -0.1) is 0 Å². The van der Waals surface area contributed by atoms with E-state index in [-0.39, 0.29) is 5.60 Å². The normalized spacial score (nSPS) is 33.2. The predicted molar refractivity (Wildman–Crippen MR) is 80.1 cm³/mol. The van der Waals surface area contributed by atoms with Crippen LogP contribution in [0.5, 0.6) is 0 Å². The Balaban J connectivity index is 1.83. The van der Waals surface area contributed by atoms with Crippen LogP contribution in [0.1, 0.15) is 33.1 Å². The molecule has 3 unspecified atom stereocenters. The smallest absolute Gasteiger partial charge is 0.0939 e. The summed E-state index contributed by atoms with van der Waals surface area (Å²) < 4.78 is 11.5. The summed E-state index contributed by atoms with van der Waals surface area (Å²) >= 11 is 2.00. The molecular weight excluding hydrogens is 260 g/mol. The zero-order valence-corrected chi connectivity index (χ0v) is 13.0. The molecule has 0 aromatic rings. The summed E-state index contributed by atoms with van der Waals surface area (Å²) in [5.74, 6) is 9.42. The Bertz CT molecular complexity index is 270. The first-order valence-corrected chi connectivity index (χ1v) is 8.56. The molecule has 0 aromatic heterocycles. The van der Waals surface area contributed by atoms with Crippen LogP contribution in [0.4, 0.5) is 0 Å². The van der Waals surface area contributed by atoms with Crippen LogP contribution in [0.3, 0.4) is 0 Å². The van der Waals surface area contributed by atoms with E-state index in [9.17, 15) is 0 Å². The Kier molecular flexibility index (Phi) is 5.96. The monoisotopic (exact) mass is 288 g/mol. The minimum absolute atomic E-state index is 0.0132. The molecule has 4 nitrogen and oxygen atoms in total. The molecular formula is C14H28N2O2S. The minimum atomic E-state index is -0.0132. The topological polar surface area (TPSA) is 56.5 Å². The quantitative estimate of drug-likeness (QED) is 0.576. The first-order chi connectivity index (χ1) is 9.15. The lowest BCUT2D eigenvalue weighted by Gasteiger charge is -2.40. The summed E-state index contributed by atoms with van der Waals surface area (Å²) in [4.78, 5) is 0. The van der Waals surface area contributed by atoms with Gasteiger partial charge in [-0.3, -0.25) is 11.3 Å². The second kappa shape index (κ2) is 7.27. The fourth-order valence-corrected chi connectivity index (χ4v) is 4.25. The number of hydrogen-bond acceptors (Lipinski definition) is 5. The van der Waals surface area contributed by atoms with Crippen molar-refractivity contribution >= 4 is 11.8 Å². The lowest BCUT2D eigenvalue weighted by Crippen LogP contribution is -2.50. The molecule has 112 valence electrons. The van der Waals surface area contributed by atoms with Gasteiger partial charge < -0.3 is 9.47 Å². The van der Waals surface area contributed by atoms with E-state index in [0.717, 1.165) is 50.8 Å². The summed E-state index contributed by atoms with van der Waals surface area (Å²) in [5, 5.41) is 0. The first kappa shape index (κ1) is 15.6. The third-order valence-electron chi connectivity index (χ3n) is 4.13. The maximum absolute atomic E-state index is 5.99. The van der Waals surface area contributed by atoms with Gasteiger partial charge in [0.15, 0.2) is 0 Å². The minimum Gasteiger partial charge on any atom is -0.378 e. The van der Waals surface area contributed by atoms with Crippen LogP contribution in [0.2, 0.25) is 0 Å². The molecule has 0 aliphatic carbocycles. The van der Waals surface area contributed by atoms with E-state index < -0.39 is 0 Å². The maximum atomic E-state index is 5.99. The number of nitrogens with one attached hydrogen (secondary N) is 1. The number of ether oxygens (including phenoxy) is 2. The van der Waals surface area contributed by atoms with Gasteiger partial charge in [-0.25, -0.2) is 0 Å². The van der Waals surface area contributed by atoms with Crippen molar-refractivity contribution in [1.82, 2.24) is 5.43 Å². The van der Waals surface area contributed by atoms with Crippen molar-refractivity contribution < 1.29 is 9.47 Å². The van der Waals surface area contributed by atoms with Gasteiger partial charge in [-0.05, 0) is 30.4 Å². The van der Waals surface area contributed by atoms with Gasteiger partial charge in [0.05, 0.1) is 12.2 Å². The number of rotatable bonds is 6. The Morgan fingerprint density at radius 3 is 2.84 bits per heavy atom. The lowest BCUT2D eigenvalue weighted by atomic mass is 9.82. The fraction of sp³-hybridized carbons (Fsp3) is 1.00. The average molecular weight is 288 g/mol. The van der Waals surface area contributed by atoms with E-state index in [4.69, 9.17) is 15.3 Å². The SMILES string of the molecule is CC(C)CSCC(NN)C1CCOC2(CCOC2)C1. The standard InChI is InChI=1S/C14H28N2O2S/c1-11(2)8-19-9-13(16-15)12-3-5-18-14(7-12)4-6-17-10-14/h11-13,16H,3-10,15H2,1-2H3. The molecule has 2 saturated heterocycles. The van der Waals surface area contributed by atoms with E-state index >= 15 is 0 Å². The van der Waals surface area contributed by atoms with Gasteiger partial charge in [0.25, 0.3) is 0 Å². The molecule has 0 saturated carbocycles. The van der Waals surface area contributed by atoms with Gasteiger partial charge in [0, 0.05) is 31.4 Å². The summed E-state index contributed by atoms with van der Waals surface area (Å²) in [6.07, 6.45) is 3.24. The predicted octanol–water partition coefficient (Wildman–Crippen LogP) is 1.79. The van der Waals surface area contributed by atoms with Crippen molar-refractivity contribution in [2.75, 3.05) is 31.3 Å². The van der Waals surface area contributed by atoms with E-state index in [0.29, 0.717) is 12.0 Å². The van der Waals surface area contributed by atoms with Crippen LogP contribution < -0.4 is 11.3 Å². The molecule has 2 heterocycles. The zero-order chi connectivity index (χ0) is 13.7. The summed E-state index contributed by atoms with van der Waals surface area (Å²) in [7, 11) is 0. The highest BCUT2D eigenvalue weighted by molar-refractivity contribution is 7.99. The van der Waals surface area contributed by atoms with Crippen LogP contribution in [-0.4, -0.2) is 43.0 Å². The lowest BCUT2D eigenvalue weighted by molar-refractivity contribution is -0.102.